The minimum Gasteiger partial charge on any atom is -0.494 e. The van der Waals surface area contributed by atoms with E-state index in [1.165, 1.54) is 36.3 Å². The number of rotatable bonds is 23. The molecule has 3 rings (SSSR count). The number of allylic oxidation sites excluding steroid dienone is 3. The molecule has 0 saturated carbocycles. The van der Waals surface area contributed by atoms with Gasteiger partial charge in [0.15, 0.2) is 0 Å². The normalized spacial score (nSPS) is 14.2. The second kappa shape index (κ2) is 24.4. The average molecular weight is 812 g/mol. The van der Waals surface area contributed by atoms with Crippen molar-refractivity contribution in [2.75, 3.05) is 75.1 Å². The van der Waals surface area contributed by atoms with Crippen molar-refractivity contribution in [2.24, 2.45) is 38.2 Å². The first-order chi connectivity index (χ1) is 28.3. The molecule has 0 radical (unpaired) electrons. The van der Waals surface area contributed by atoms with E-state index in [2.05, 4.69) is 38.6 Å². The number of ether oxygens (including phenoxy) is 2. The number of benzene rings is 2. The first-order valence-corrected chi connectivity index (χ1v) is 19.7. The van der Waals surface area contributed by atoms with Crippen LogP contribution in [0.15, 0.2) is 87.6 Å². The Morgan fingerprint density at radius 3 is 2.20 bits per heavy atom. The van der Waals surface area contributed by atoms with E-state index in [1.54, 1.807) is 26.0 Å². The van der Waals surface area contributed by atoms with Crippen molar-refractivity contribution in [1.29, 1.82) is 0 Å². The van der Waals surface area contributed by atoms with Gasteiger partial charge in [-0.25, -0.2) is 0 Å². The largest absolute Gasteiger partial charge is 0.494 e. The SMILES string of the molecule is C=Nc1cc(C(N)=O)cc(OC)c1N(C/C=C/CN(C/C=C/C(C)=N\NCC)c1c(N)cc(C(N)=O)cc1OC/C=C/CC1CCNCC1)C(=O)C(/C=C(/C)N)=NCC. The number of amides is 3. The minimum atomic E-state index is -0.704. The number of nitrogen functional groups attached to an aromatic ring is 1. The van der Waals surface area contributed by atoms with Gasteiger partial charge in [0.1, 0.15) is 35.2 Å². The summed E-state index contributed by atoms with van der Waals surface area (Å²) < 4.78 is 12.0. The second-order valence-corrected chi connectivity index (χ2v) is 13.8. The molecule has 1 fully saturated rings. The molecular formula is C43H61N11O5. The molecule has 1 aliphatic heterocycles. The molecule has 0 spiro atoms. The van der Waals surface area contributed by atoms with E-state index in [4.69, 9.17) is 32.4 Å². The van der Waals surface area contributed by atoms with Gasteiger partial charge in [-0.2, -0.15) is 5.10 Å². The first kappa shape index (κ1) is 47.0. The molecule has 1 saturated heterocycles. The molecule has 1 heterocycles. The van der Waals surface area contributed by atoms with Gasteiger partial charge >= 0.3 is 0 Å². The molecule has 0 aliphatic carbocycles. The Hall–Kier alpha value is -6.42. The second-order valence-electron chi connectivity index (χ2n) is 13.8. The number of methoxy groups -OCH3 is 1. The van der Waals surface area contributed by atoms with Crippen LogP contribution in [-0.2, 0) is 4.79 Å². The number of aliphatic imine (C=N–C) groups is 2. The monoisotopic (exact) mass is 811 g/mol. The zero-order valence-corrected chi connectivity index (χ0v) is 35.0. The number of nitrogens with two attached hydrogens (primary N) is 4. The number of piperidine rings is 1. The molecule has 16 heteroatoms. The molecule has 0 aromatic heterocycles. The summed E-state index contributed by atoms with van der Waals surface area (Å²) in [5.41, 5.74) is 29.8. The highest BCUT2D eigenvalue weighted by Gasteiger charge is 2.27. The van der Waals surface area contributed by atoms with Crippen molar-refractivity contribution in [3.8, 4) is 11.5 Å². The van der Waals surface area contributed by atoms with Crippen LogP contribution in [0.5, 0.6) is 11.5 Å². The summed E-state index contributed by atoms with van der Waals surface area (Å²) in [5.74, 6) is -0.665. The molecule has 0 unspecified atom stereocenters. The number of primary amides is 2. The number of nitrogens with zero attached hydrogens (tertiary/aromatic N) is 5. The summed E-state index contributed by atoms with van der Waals surface area (Å²) in [6.07, 6.45) is 16.3. The van der Waals surface area contributed by atoms with Crippen molar-refractivity contribution < 1.29 is 23.9 Å². The number of carbonyl (C=O) groups excluding carboxylic acids is 3. The maximum atomic E-state index is 14.3. The fourth-order valence-corrected chi connectivity index (χ4v) is 6.32. The van der Waals surface area contributed by atoms with Crippen LogP contribution in [0.25, 0.3) is 0 Å². The molecular weight excluding hydrogens is 751 g/mol. The number of hydrogen-bond acceptors (Lipinski definition) is 13. The van der Waals surface area contributed by atoms with Gasteiger partial charge in [0.2, 0.25) is 11.8 Å². The number of hydrogen-bond donors (Lipinski definition) is 6. The molecule has 2 aromatic rings. The van der Waals surface area contributed by atoms with Gasteiger partial charge in [0.05, 0.1) is 24.2 Å². The Kier molecular flexibility index (Phi) is 19.4. The van der Waals surface area contributed by atoms with E-state index >= 15 is 0 Å². The van der Waals surface area contributed by atoms with Gasteiger partial charge in [0, 0.05) is 49.5 Å². The number of carbonyl (C=O) groups is 3. The topological polar surface area (TPSA) is 241 Å². The van der Waals surface area contributed by atoms with Gasteiger partial charge in [-0.15, -0.1) is 0 Å². The van der Waals surface area contributed by atoms with Crippen LogP contribution < -0.4 is 53.0 Å². The molecule has 16 nitrogen and oxygen atoms in total. The quantitative estimate of drug-likeness (QED) is 0.0400. The van der Waals surface area contributed by atoms with Gasteiger partial charge in [-0.05, 0) is 109 Å². The average Bonchev–Trinajstić information content (AvgIpc) is 3.21. The van der Waals surface area contributed by atoms with Crippen LogP contribution in [0.1, 0.15) is 67.7 Å². The highest BCUT2D eigenvalue weighted by Crippen LogP contribution is 2.40. The Morgan fingerprint density at radius 1 is 0.915 bits per heavy atom. The lowest BCUT2D eigenvalue weighted by molar-refractivity contribution is -0.112. The summed E-state index contributed by atoms with van der Waals surface area (Å²) in [6.45, 7) is 14.9. The zero-order valence-electron chi connectivity index (χ0n) is 35.0. The van der Waals surface area contributed by atoms with Crippen LogP contribution in [0, 0.1) is 5.92 Å². The molecule has 318 valence electrons. The van der Waals surface area contributed by atoms with Crippen LogP contribution in [0.4, 0.5) is 22.7 Å². The van der Waals surface area contributed by atoms with E-state index in [0.717, 1.165) is 38.1 Å². The van der Waals surface area contributed by atoms with Crippen molar-refractivity contribution in [2.45, 2.75) is 47.0 Å². The smallest absolute Gasteiger partial charge is 0.276 e. The molecule has 3 amide bonds. The predicted octanol–water partition coefficient (Wildman–Crippen LogP) is 4.39. The Morgan fingerprint density at radius 2 is 1.58 bits per heavy atom. The fourth-order valence-electron chi connectivity index (χ4n) is 6.32. The van der Waals surface area contributed by atoms with Crippen LogP contribution in [0.2, 0.25) is 0 Å². The standard InChI is InChI=1S/C43H61N11O5/c1-7-50-36(24-29(3)44)43(57)54(40-35(48-5)26-33(42(47)56)27-37(40)58-6)22-11-10-20-53(21-13-14-30(4)52-51-8-2)39-34(45)25-32(41(46)55)28-38(39)59-23-12-9-15-31-16-18-49-19-17-31/h9-14,24-28,31,49,51H,5,7-8,15-23,44-45H2,1-4,6H3,(H2,46,55)(H2,47,56)/b11-10+,12-9+,14-13+,29-24-,50-36?,52-30-. The molecule has 0 atom stereocenters. The Labute approximate surface area is 347 Å². The minimum absolute atomic E-state index is 0.00720. The van der Waals surface area contributed by atoms with Gasteiger partial charge in [-0.3, -0.25) is 29.3 Å². The molecule has 59 heavy (non-hydrogen) atoms. The predicted molar refractivity (Wildman–Crippen MR) is 240 cm³/mol. The van der Waals surface area contributed by atoms with Crippen LogP contribution >= 0.6 is 0 Å². The Balaban J connectivity index is 2.08. The van der Waals surface area contributed by atoms with Crippen molar-refractivity contribution >= 4 is 58.6 Å². The maximum Gasteiger partial charge on any atom is 0.276 e. The molecule has 1 aliphatic rings. The van der Waals surface area contributed by atoms with E-state index in [1.807, 2.05) is 43.1 Å². The summed E-state index contributed by atoms with van der Waals surface area (Å²) >= 11 is 0. The van der Waals surface area contributed by atoms with Crippen molar-refractivity contribution in [3.05, 3.63) is 83.6 Å². The van der Waals surface area contributed by atoms with Crippen LogP contribution in [0.3, 0.4) is 0 Å². The molecule has 2 aromatic carbocycles. The van der Waals surface area contributed by atoms with Crippen LogP contribution in [-0.4, -0.2) is 95.4 Å². The van der Waals surface area contributed by atoms with E-state index in [9.17, 15) is 14.4 Å². The number of anilines is 3. The van der Waals surface area contributed by atoms with Crippen molar-refractivity contribution in [3.63, 3.8) is 0 Å². The highest BCUT2D eigenvalue weighted by molar-refractivity contribution is 6.48. The molecule has 0 bridgehead atoms. The van der Waals surface area contributed by atoms with Crippen molar-refractivity contribution in [1.82, 2.24) is 10.7 Å². The number of nitrogens with one attached hydrogen (secondary N) is 2. The highest BCUT2D eigenvalue weighted by atomic mass is 16.5. The van der Waals surface area contributed by atoms with E-state index in [-0.39, 0.29) is 59.3 Å². The summed E-state index contributed by atoms with van der Waals surface area (Å²) in [5, 5.41) is 7.72. The zero-order chi connectivity index (χ0) is 43.3. The first-order valence-electron chi connectivity index (χ1n) is 19.7. The summed E-state index contributed by atoms with van der Waals surface area (Å²) in [7, 11) is 1.41. The lowest BCUT2D eigenvalue weighted by Crippen LogP contribution is -2.37. The number of hydrazone groups is 1. The summed E-state index contributed by atoms with van der Waals surface area (Å²) in [6, 6.07) is 6.01. The maximum absolute atomic E-state index is 14.3. The summed E-state index contributed by atoms with van der Waals surface area (Å²) in [4.78, 5) is 50.8. The third-order valence-corrected chi connectivity index (χ3v) is 9.17. The molecule has 10 N–H and O–H groups in total. The van der Waals surface area contributed by atoms with Gasteiger partial charge < -0.3 is 48.1 Å². The van der Waals surface area contributed by atoms with Gasteiger partial charge in [-0.1, -0.05) is 30.4 Å². The van der Waals surface area contributed by atoms with E-state index in [0.29, 0.717) is 42.7 Å². The lowest BCUT2D eigenvalue weighted by atomic mass is 9.95. The lowest BCUT2D eigenvalue weighted by Gasteiger charge is -2.27. The van der Waals surface area contributed by atoms with Gasteiger partial charge in [0.25, 0.3) is 5.91 Å². The third-order valence-electron chi connectivity index (χ3n) is 9.17. The van der Waals surface area contributed by atoms with E-state index < -0.39 is 17.7 Å². The Bertz CT molecular complexity index is 1960. The third kappa shape index (κ3) is 14.5. The fraction of sp³-hybridized carbons (Fsp3) is 0.395.